The SMILES string of the molecule is Nc1ncnn2c(CN3CCNCC3)cc(-c3ccc(NC(=O)Nc4cccc(Br)n4)cc3)c12. The molecule has 0 saturated carbocycles. The van der Waals surface area contributed by atoms with Gasteiger partial charge in [-0.25, -0.2) is 19.3 Å². The Bertz CT molecular complexity index is 1320. The molecule has 1 fully saturated rings. The Balaban J connectivity index is 1.36. The zero-order valence-electron chi connectivity index (χ0n) is 18.3. The number of halogens is 1. The van der Waals surface area contributed by atoms with Crippen LogP contribution in [0.5, 0.6) is 0 Å². The summed E-state index contributed by atoms with van der Waals surface area (Å²) in [6.07, 6.45) is 1.49. The lowest BCUT2D eigenvalue weighted by atomic mass is 10.1. The molecule has 5 rings (SSSR count). The Morgan fingerprint density at radius 1 is 1.12 bits per heavy atom. The second-order valence-corrected chi connectivity index (χ2v) is 8.80. The van der Waals surface area contributed by atoms with Crippen molar-refractivity contribution in [3.8, 4) is 11.1 Å². The molecule has 0 spiro atoms. The van der Waals surface area contributed by atoms with Crippen LogP contribution in [-0.4, -0.2) is 56.7 Å². The molecule has 4 heterocycles. The Kier molecular flexibility index (Phi) is 6.39. The number of pyridine rings is 1. The van der Waals surface area contributed by atoms with Crippen LogP contribution in [0.15, 0.2) is 59.5 Å². The average molecular weight is 522 g/mol. The molecule has 1 aromatic carbocycles. The highest BCUT2D eigenvalue weighted by atomic mass is 79.9. The van der Waals surface area contributed by atoms with Crippen LogP contribution in [0.1, 0.15) is 5.69 Å². The molecule has 11 heteroatoms. The van der Waals surface area contributed by atoms with Gasteiger partial charge in [-0.1, -0.05) is 18.2 Å². The topological polar surface area (TPSA) is 125 Å². The second kappa shape index (κ2) is 9.75. The third kappa shape index (κ3) is 4.86. The molecule has 0 radical (unpaired) electrons. The highest BCUT2D eigenvalue weighted by molar-refractivity contribution is 9.10. The van der Waals surface area contributed by atoms with Crippen LogP contribution in [0.4, 0.5) is 22.1 Å². The summed E-state index contributed by atoms with van der Waals surface area (Å²) in [4.78, 5) is 23.1. The first-order chi connectivity index (χ1) is 16.6. The van der Waals surface area contributed by atoms with E-state index in [4.69, 9.17) is 5.73 Å². The molecule has 1 aliphatic heterocycles. The largest absolute Gasteiger partial charge is 0.382 e. The van der Waals surface area contributed by atoms with Gasteiger partial charge in [0.05, 0.1) is 5.69 Å². The van der Waals surface area contributed by atoms with E-state index in [0.717, 1.165) is 55.1 Å². The number of nitrogens with one attached hydrogen (secondary N) is 3. The number of aromatic nitrogens is 4. The van der Waals surface area contributed by atoms with Crippen molar-refractivity contribution in [2.45, 2.75) is 6.54 Å². The first kappa shape index (κ1) is 22.3. The van der Waals surface area contributed by atoms with E-state index in [1.165, 1.54) is 6.33 Å². The number of piperazine rings is 1. The quantitative estimate of drug-likeness (QED) is 0.297. The first-order valence-electron chi connectivity index (χ1n) is 10.9. The molecule has 0 atom stereocenters. The lowest BCUT2D eigenvalue weighted by Crippen LogP contribution is -2.43. The van der Waals surface area contributed by atoms with Gasteiger partial charge in [0.15, 0.2) is 5.82 Å². The van der Waals surface area contributed by atoms with Gasteiger partial charge >= 0.3 is 6.03 Å². The lowest BCUT2D eigenvalue weighted by Gasteiger charge is -2.26. The third-order valence-electron chi connectivity index (χ3n) is 5.66. The summed E-state index contributed by atoms with van der Waals surface area (Å²) in [6, 6.07) is 14.7. The number of amides is 2. The fourth-order valence-electron chi connectivity index (χ4n) is 4.05. The Morgan fingerprint density at radius 3 is 2.68 bits per heavy atom. The van der Waals surface area contributed by atoms with Gasteiger partial charge in [-0.15, -0.1) is 0 Å². The van der Waals surface area contributed by atoms with E-state index in [1.807, 2.05) is 28.8 Å². The van der Waals surface area contributed by atoms with E-state index in [2.05, 4.69) is 57.9 Å². The van der Waals surface area contributed by atoms with Gasteiger partial charge in [-0.05, 0) is 51.8 Å². The molecule has 34 heavy (non-hydrogen) atoms. The molecule has 5 N–H and O–H groups in total. The normalized spacial score (nSPS) is 14.3. The Morgan fingerprint density at radius 2 is 1.91 bits per heavy atom. The number of urea groups is 1. The summed E-state index contributed by atoms with van der Waals surface area (Å²) in [5.41, 5.74) is 10.7. The van der Waals surface area contributed by atoms with Crippen LogP contribution in [-0.2, 0) is 6.54 Å². The van der Waals surface area contributed by atoms with Crippen LogP contribution in [0.25, 0.3) is 16.6 Å². The Hall–Kier alpha value is -3.54. The van der Waals surface area contributed by atoms with E-state index in [-0.39, 0.29) is 6.03 Å². The van der Waals surface area contributed by atoms with Gasteiger partial charge in [-0.3, -0.25) is 10.2 Å². The van der Waals surface area contributed by atoms with Gasteiger partial charge in [0.2, 0.25) is 0 Å². The summed E-state index contributed by atoms with van der Waals surface area (Å²) >= 11 is 3.29. The van der Waals surface area contributed by atoms with Gasteiger partial charge in [0.25, 0.3) is 0 Å². The fourth-order valence-corrected chi connectivity index (χ4v) is 4.40. The molecule has 2 amide bonds. The van der Waals surface area contributed by atoms with Gasteiger partial charge < -0.3 is 16.4 Å². The predicted molar refractivity (Wildman–Crippen MR) is 136 cm³/mol. The van der Waals surface area contributed by atoms with Gasteiger partial charge in [0.1, 0.15) is 22.3 Å². The molecule has 1 aliphatic rings. The fraction of sp³-hybridized carbons (Fsp3) is 0.217. The first-order valence-corrected chi connectivity index (χ1v) is 11.7. The summed E-state index contributed by atoms with van der Waals surface area (Å²) in [7, 11) is 0. The van der Waals surface area contributed by atoms with Crippen molar-refractivity contribution < 1.29 is 4.79 Å². The number of hydrogen-bond acceptors (Lipinski definition) is 7. The molecule has 174 valence electrons. The standard InChI is InChI=1S/C23H24BrN9O/c24-19-2-1-3-20(30-19)31-23(34)29-16-6-4-15(5-7-16)18-12-17(13-32-10-8-26-9-11-32)33-21(18)22(25)27-14-28-33/h1-7,12,14,26H,8-11,13H2,(H2,25,27,28)(H2,29,30,31,34). The van der Waals surface area contributed by atoms with E-state index in [9.17, 15) is 4.79 Å². The van der Waals surface area contributed by atoms with Crippen LogP contribution < -0.4 is 21.7 Å². The second-order valence-electron chi connectivity index (χ2n) is 7.98. The molecule has 0 aliphatic carbocycles. The smallest absolute Gasteiger partial charge is 0.324 e. The number of nitrogen functional groups attached to an aromatic ring is 1. The van der Waals surface area contributed by atoms with Crippen molar-refractivity contribution in [2.75, 3.05) is 42.5 Å². The summed E-state index contributed by atoms with van der Waals surface area (Å²) in [5, 5.41) is 13.4. The zero-order valence-corrected chi connectivity index (χ0v) is 19.9. The molecule has 0 bridgehead atoms. The predicted octanol–water partition coefficient (Wildman–Crippen LogP) is 3.19. The number of rotatable bonds is 5. The number of anilines is 3. The van der Waals surface area contributed by atoms with Gasteiger partial charge in [0, 0.05) is 44.0 Å². The highest BCUT2D eigenvalue weighted by Gasteiger charge is 2.18. The van der Waals surface area contributed by atoms with E-state index in [0.29, 0.717) is 21.9 Å². The van der Waals surface area contributed by atoms with Crippen LogP contribution in [0, 0.1) is 0 Å². The number of fused-ring (bicyclic) bond motifs is 1. The van der Waals surface area contributed by atoms with Crippen LogP contribution in [0.2, 0.25) is 0 Å². The molecular formula is C23H24BrN9O. The van der Waals surface area contributed by atoms with Crippen LogP contribution in [0.3, 0.4) is 0 Å². The highest BCUT2D eigenvalue weighted by Crippen LogP contribution is 2.31. The van der Waals surface area contributed by atoms with Crippen molar-refractivity contribution >= 4 is 44.8 Å². The summed E-state index contributed by atoms with van der Waals surface area (Å²) in [5.74, 6) is 0.885. The molecule has 1 saturated heterocycles. The minimum absolute atomic E-state index is 0.372. The number of nitrogens with zero attached hydrogens (tertiary/aromatic N) is 5. The minimum Gasteiger partial charge on any atom is -0.382 e. The Labute approximate surface area is 204 Å². The van der Waals surface area contributed by atoms with Crippen molar-refractivity contribution in [2.24, 2.45) is 0 Å². The van der Waals surface area contributed by atoms with Crippen LogP contribution >= 0.6 is 15.9 Å². The third-order valence-corrected chi connectivity index (χ3v) is 6.10. The maximum absolute atomic E-state index is 12.3. The number of nitrogens with two attached hydrogens (primary N) is 1. The van der Waals surface area contributed by atoms with E-state index in [1.54, 1.807) is 18.2 Å². The number of carbonyl (C=O) groups excluding carboxylic acids is 1. The van der Waals surface area contributed by atoms with Crippen molar-refractivity contribution in [1.29, 1.82) is 0 Å². The van der Waals surface area contributed by atoms with E-state index >= 15 is 0 Å². The number of carbonyl (C=O) groups is 1. The number of benzene rings is 1. The monoisotopic (exact) mass is 521 g/mol. The van der Waals surface area contributed by atoms with Crippen molar-refractivity contribution in [3.05, 3.63) is 65.2 Å². The van der Waals surface area contributed by atoms with Crippen molar-refractivity contribution in [1.82, 2.24) is 29.8 Å². The summed E-state index contributed by atoms with van der Waals surface area (Å²) in [6.45, 7) is 4.71. The van der Waals surface area contributed by atoms with Gasteiger partial charge in [-0.2, -0.15) is 5.10 Å². The lowest BCUT2D eigenvalue weighted by molar-refractivity contribution is 0.229. The minimum atomic E-state index is -0.372. The average Bonchev–Trinajstić information content (AvgIpc) is 3.20. The maximum Gasteiger partial charge on any atom is 0.324 e. The van der Waals surface area contributed by atoms with Crippen molar-refractivity contribution in [3.63, 3.8) is 0 Å². The number of hydrogen-bond donors (Lipinski definition) is 4. The molecular weight excluding hydrogens is 498 g/mol. The summed E-state index contributed by atoms with van der Waals surface area (Å²) < 4.78 is 2.53. The molecule has 3 aromatic heterocycles. The maximum atomic E-state index is 12.3. The van der Waals surface area contributed by atoms with E-state index < -0.39 is 0 Å². The zero-order chi connectivity index (χ0) is 23.5. The molecule has 0 unspecified atom stereocenters. The molecule has 4 aromatic rings. The molecule has 10 nitrogen and oxygen atoms in total.